The molecule has 2 aliphatic rings. The number of benzene rings is 2. The van der Waals surface area contributed by atoms with Crippen LogP contribution in [0.2, 0.25) is 4.63 Å². The average Bonchev–Trinajstić information content (AvgIpc) is 3.11. The van der Waals surface area contributed by atoms with Crippen LogP contribution in [0.15, 0.2) is 55.1 Å². The van der Waals surface area contributed by atoms with Gasteiger partial charge in [-0.1, -0.05) is 0 Å². The van der Waals surface area contributed by atoms with Gasteiger partial charge in [0.05, 0.1) is 0 Å². The van der Waals surface area contributed by atoms with Gasteiger partial charge in [0.15, 0.2) is 0 Å². The van der Waals surface area contributed by atoms with E-state index in [9.17, 15) is 0 Å². The third-order valence-electron chi connectivity index (χ3n) is 4.98. The van der Waals surface area contributed by atoms with Crippen molar-refractivity contribution in [2.75, 3.05) is 0 Å². The molecule has 2 aromatic rings. The van der Waals surface area contributed by atoms with Crippen molar-refractivity contribution in [1.29, 1.82) is 0 Å². The van der Waals surface area contributed by atoms with Crippen LogP contribution in [-0.4, -0.2) is 0 Å². The van der Waals surface area contributed by atoms with E-state index in [0.29, 0.717) is 0 Å². The van der Waals surface area contributed by atoms with E-state index in [1.54, 1.807) is 0 Å². The molecule has 0 unspecified atom stereocenters. The second kappa shape index (κ2) is 4.94. The third-order valence-corrected chi connectivity index (χ3v) is 19.4. The Morgan fingerprint density at radius 3 is 1.55 bits per heavy atom. The molecule has 111 valence electrons. The molecule has 0 aliphatic heterocycles. The zero-order valence-electron chi connectivity index (χ0n) is 12.4. The summed E-state index contributed by atoms with van der Waals surface area (Å²) in [6.07, 6.45) is 6.28. The Morgan fingerprint density at radius 1 is 0.727 bits per heavy atom. The number of hydrogen-bond donors (Lipinski definition) is 0. The molecule has 4 rings (SSSR count). The molecule has 2 aromatic carbocycles. The molecule has 3 heteroatoms. The van der Waals surface area contributed by atoms with Gasteiger partial charge in [-0.2, -0.15) is 0 Å². The molecule has 0 spiro atoms. The zero-order chi connectivity index (χ0) is 15.4. The van der Waals surface area contributed by atoms with Crippen LogP contribution >= 0.6 is 17.0 Å². The van der Waals surface area contributed by atoms with E-state index < -0.39 is 16.4 Å². The molecule has 0 N–H and O–H groups in total. The first kappa shape index (κ1) is 14.9. The summed E-state index contributed by atoms with van der Waals surface area (Å²) in [5.41, 5.74) is 5.24. The number of halogens is 2. The van der Waals surface area contributed by atoms with E-state index in [1.807, 2.05) is 0 Å². The zero-order valence-corrected chi connectivity index (χ0v) is 16.4. The molecule has 22 heavy (non-hydrogen) atoms. The van der Waals surface area contributed by atoms with Crippen LogP contribution in [0.4, 0.5) is 0 Å². The SMILES string of the molecule is [CH3][Zr]([Cl])([Cl])([C]1=Cc2ccccc2C1)[C]1=Cc2ccccc2C1. The van der Waals surface area contributed by atoms with Crippen molar-refractivity contribution in [1.82, 2.24) is 0 Å². The Balaban J connectivity index is 1.76. The van der Waals surface area contributed by atoms with Crippen LogP contribution in [0.5, 0.6) is 0 Å². The molecule has 2 aliphatic carbocycles. The van der Waals surface area contributed by atoms with Crippen LogP contribution in [0.1, 0.15) is 22.3 Å². The van der Waals surface area contributed by atoms with Gasteiger partial charge in [0, 0.05) is 0 Å². The van der Waals surface area contributed by atoms with Gasteiger partial charge in [0.25, 0.3) is 0 Å². The second-order valence-corrected chi connectivity index (χ2v) is 29.2. The molecule has 0 saturated heterocycles. The number of fused-ring (bicyclic) bond motifs is 2. The van der Waals surface area contributed by atoms with Crippen LogP contribution in [0.3, 0.4) is 0 Å². The molecule has 0 aromatic heterocycles. The van der Waals surface area contributed by atoms with Gasteiger partial charge in [-0.3, -0.25) is 0 Å². The summed E-state index contributed by atoms with van der Waals surface area (Å²) >= 11 is -4.07. The summed E-state index contributed by atoms with van der Waals surface area (Å²) in [5, 5.41) is 0. The topological polar surface area (TPSA) is 0 Å². The van der Waals surface area contributed by atoms with Crippen molar-refractivity contribution in [3.8, 4) is 0 Å². The molecule has 0 atom stereocenters. The van der Waals surface area contributed by atoms with Gasteiger partial charge in [0.1, 0.15) is 0 Å². The van der Waals surface area contributed by atoms with Gasteiger partial charge in [-0.15, -0.1) is 0 Å². The molecule has 0 bridgehead atoms. The first-order valence-electron chi connectivity index (χ1n) is 7.60. The van der Waals surface area contributed by atoms with Crippen LogP contribution < -0.4 is 0 Å². The summed E-state index contributed by atoms with van der Waals surface area (Å²) in [6.45, 7) is 0. The minimum absolute atomic E-state index is 0.901. The molecule has 0 fully saturated rings. The fourth-order valence-electron chi connectivity index (χ4n) is 3.49. The van der Waals surface area contributed by atoms with Gasteiger partial charge in [0.2, 0.25) is 0 Å². The standard InChI is InChI=1S/2C9H7.CH3.2ClH.Zr/c2*1-2-5-9-7-3-6-8(9)4-1;;;;/h2*1-2,4-6H,7H2;1H3;2*1H;/q;;;;;+2/p-2. The van der Waals surface area contributed by atoms with E-state index in [1.165, 1.54) is 28.8 Å². The predicted octanol–water partition coefficient (Wildman–Crippen LogP) is 6.23. The van der Waals surface area contributed by atoms with Gasteiger partial charge in [-0.05, 0) is 0 Å². The van der Waals surface area contributed by atoms with E-state index in [-0.39, 0.29) is 0 Å². The third kappa shape index (κ3) is 2.30. The second-order valence-electron chi connectivity index (χ2n) is 6.54. The number of rotatable bonds is 2. The fourth-order valence-corrected chi connectivity index (χ4v) is 12.6. The number of allylic oxidation sites excluding steroid dienone is 2. The summed E-state index contributed by atoms with van der Waals surface area (Å²) in [7, 11) is 14.4. The normalized spacial score (nSPS) is 18.0. The Hall–Kier alpha value is -0.617. The maximum absolute atomic E-state index is 7.22. The minimum atomic E-state index is -4.07. The molecule has 0 saturated carbocycles. The average molecular weight is 407 g/mol. The first-order valence-corrected chi connectivity index (χ1v) is 18.8. The maximum atomic E-state index is 7.22. The Morgan fingerprint density at radius 2 is 1.14 bits per heavy atom. The molecule has 0 heterocycles. The predicted molar refractivity (Wildman–Crippen MR) is 93.8 cm³/mol. The number of hydrogen-bond acceptors (Lipinski definition) is 0. The van der Waals surface area contributed by atoms with Gasteiger partial charge in [-0.25, -0.2) is 0 Å². The van der Waals surface area contributed by atoms with E-state index >= 15 is 0 Å². The molecular formula is C19H17Cl2Zr. The van der Waals surface area contributed by atoms with E-state index in [4.69, 9.17) is 17.0 Å². The van der Waals surface area contributed by atoms with Crippen molar-refractivity contribution in [2.24, 2.45) is 0 Å². The Labute approximate surface area is 139 Å². The Kier molecular flexibility index (Phi) is 3.35. The molecule has 0 nitrogen and oxygen atoms in total. The molecule has 0 amide bonds. The quantitative estimate of drug-likeness (QED) is 0.554. The van der Waals surface area contributed by atoms with Gasteiger partial charge < -0.3 is 0 Å². The van der Waals surface area contributed by atoms with Crippen LogP contribution in [0.25, 0.3) is 12.2 Å². The van der Waals surface area contributed by atoms with Crippen LogP contribution in [0, 0.1) is 0 Å². The summed E-state index contributed by atoms with van der Waals surface area (Å²) < 4.78 is 4.68. The van der Waals surface area contributed by atoms with Crippen molar-refractivity contribution in [2.45, 2.75) is 17.5 Å². The van der Waals surface area contributed by atoms with Gasteiger partial charge >= 0.3 is 140 Å². The summed E-state index contributed by atoms with van der Waals surface area (Å²) in [5.74, 6) is 0. The fraction of sp³-hybridized carbons (Fsp3) is 0.158. The molecule has 0 radical (unpaired) electrons. The van der Waals surface area contributed by atoms with Crippen molar-refractivity contribution < 1.29 is 16.4 Å². The molecular weight excluding hydrogens is 390 g/mol. The van der Waals surface area contributed by atoms with Crippen molar-refractivity contribution in [3.63, 3.8) is 0 Å². The van der Waals surface area contributed by atoms with E-state index in [2.05, 4.69) is 65.3 Å². The van der Waals surface area contributed by atoms with E-state index in [0.717, 1.165) is 12.8 Å². The monoisotopic (exact) mass is 405 g/mol. The van der Waals surface area contributed by atoms with Crippen molar-refractivity contribution >= 4 is 29.2 Å². The van der Waals surface area contributed by atoms with Crippen LogP contribution in [-0.2, 0) is 29.2 Å². The summed E-state index contributed by atoms with van der Waals surface area (Å²) in [6, 6.07) is 17.0. The first-order chi connectivity index (χ1) is 10.4. The Bertz CT molecular complexity index is 770. The van der Waals surface area contributed by atoms with Crippen molar-refractivity contribution in [3.05, 3.63) is 77.3 Å². The summed E-state index contributed by atoms with van der Waals surface area (Å²) in [4.78, 5) is 0.